The van der Waals surface area contributed by atoms with Crippen LogP contribution in [0, 0.1) is 0 Å². The molecular formula is C18H44O6Si4. The Labute approximate surface area is 176 Å². The van der Waals surface area contributed by atoms with Crippen molar-refractivity contribution in [3.63, 3.8) is 0 Å². The highest BCUT2D eigenvalue weighted by molar-refractivity contribution is 6.71. The van der Waals surface area contributed by atoms with Crippen molar-refractivity contribution in [1.82, 2.24) is 0 Å². The lowest BCUT2D eigenvalue weighted by atomic mass is 10.1. The number of aliphatic hydroxyl groups is 1. The zero-order chi connectivity index (χ0) is 22.1. The van der Waals surface area contributed by atoms with Gasteiger partial charge in [-0.05, 0) is 78.6 Å². The smallest absolute Gasteiger partial charge is 0.184 e. The molecule has 0 aliphatic carbocycles. The summed E-state index contributed by atoms with van der Waals surface area (Å²) in [6.45, 7) is 26.2. The predicted octanol–water partition coefficient (Wildman–Crippen LogP) is 4.22. The summed E-state index contributed by atoms with van der Waals surface area (Å²) in [5.41, 5.74) is 0. The fourth-order valence-electron chi connectivity index (χ4n) is 3.02. The van der Waals surface area contributed by atoms with E-state index in [4.69, 9.17) is 22.4 Å². The minimum absolute atomic E-state index is 0.287. The molecule has 1 heterocycles. The van der Waals surface area contributed by atoms with Crippen LogP contribution >= 0.6 is 0 Å². The highest BCUT2D eigenvalue weighted by atomic mass is 28.4. The molecule has 0 unspecified atom stereocenters. The third-order valence-corrected chi connectivity index (χ3v) is 7.76. The van der Waals surface area contributed by atoms with Gasteiger partial charge in [-0.25, -0.2) is 0 Å². The van der Waals surface area contributed by atoms with Crippen molar-refractivity contribution >= 4 is 33.3 Å². The molecule has 1 aliphatic rings. The Morgan fingerprint density at radius 3 is 1.57 bits per heavy atom. The first kappa shape index (κ1) is 26.7. The Morgan fingerprint density at radius 1 is 0.714 bits per heavy atom. The van der Waals surface area contributed by atoms with Gasteiger partial charge >= 0.3 is 0 Å². The average Bonchev–Trinajstić information content (AvgIpc) is 2.66. The van der Waals surface area contributed by atoms with E-state index in [-0.39, 0.29) is 12.2 Å². The van der Waals surface area contributed by atoms with Gasteiger partial charge in [0.25, 0.3) is 0 Å². The lowest BCUT2D eigenvalue weighted by molar-refractivity contribution is -0.144. The van der Waals surface area contributed by atoms with E-state index in [2.05, 4.69) is 78.6 Å². The minimum Gasteiger partial charge on any atom is -0.415 e. The van der Waals surface area contributed by atoms with Crippen LogP contribution in [0.15, 0.2) is 0 Å². The Bertz CT molecular complexity index is 492. The molecule has 1 saturated heterocycles. The monoisotopic (exact) mass is 468 g/mol. The van der Waals surface area contributed by atoms with Gasteiger partial charge in [0.15, 0.2) is 39.6 Å². The molecule has 0 radical (unpaired) electrons. The number of ether oxygens (including phenoxy) is 1. The van der Waals surface area contributed by atoms with Gasteiger partial charge < -0.3 is 27.5 Å². The van der Waals surface area contributed by atoms with Gasteiger partial charge in [-0.15, -0.1) is 0 Å². The summed E-state index contributed by atoms with van der Waals surface area (Å²) in [7, 11) is -7.40. The van der Waals surface area contributed by atoms with E-state index in [1.54, 1.807) is 0 Å². The summed E-state index contributed by atoms with van der Waals surface area (Å²) >= 11 is 0. The Kier molecular flexibility index (Phi) is 8.96. The fourth-order valence-corrected chi connectivity index (χ4v) is 6.95. The molecule has 168 valence electrons. The van der Waals surface area contributed by atoms with Crippen molar-refractivity contribution in [2.24, 2.45) is 0 Å². The highest BCUT2D eigenvalue weighted by Gasteiger charge is 2.52. The largest absolute Gasteiger partial charge is 0.415 e. The molecule has 1 aliphatic heterocycles. The number of aliphatic hydroxyl groups excluding tert-OH is 1. The van der Waals surface area contributed by atoms with Crippen LogP contribution in [0.5, 0.6) is 0 Å². The van der Waals surface area contributed by atoms with Crippen molar-refractivity contribution in [3.8, 4) is 0 Å². The normalized spacial score (nSPS) is 28.6. The number of hydrogen-bond acceptors (Lipinski definition) is 6. The molecule has 5 atom stereocenters. The summed E-state index contributed by atoms with van der Waals surface area (Å²) in [5.74, 6) is 0. The highest BCUT2D eigenvalue weighted by Crippen LogP contribution is 2.33. The maximum absolute atomic E-state index is 10.7. The lowest BCUT2D eigenvalue weighted by Crippen LogP contribution is -2.53. The van der Waals surface area contributed by atoms with E-state index in [0.717, 1.165) is 0 Å². The van der Waals surface area contributed by atoms with Crippen LogP contribution < -0.4 is 0 Å². The zero-order valence-corrected chi connectivity index (χ0v) is 24.1. The summed E-state index contributed by atoms with van der Waals surface area (Å²) in [6, 6.07) is 0. The van der Waals surface area contributed by atoms with Gasteiger partial charge in [0.05, 0.1) is 12.7 Å². The van der Waals surface area contributed by atoms with E-state index in [9.17, 15) is 5.11 Å². The van der Waals surface area contributed by atoms with Crippen LogP contribution in [0.2, 0.25) is 78.6 Å². The van der Waals surface area contributed by atoms with Crippen molar-refractivity contribution in [3.05, 3.63) is 0 Å². The maximum atomic E-state index is 10.7. The van der Waals surface area contributed by atoms with Gasteiger partial charge in [-0.2, -0.15) is 0 Å². The second kappa shape index (κ2) is 9.41. The van der Waals surface area contributed by atoms with Crippen molar-refractivity contribution in [1.29, 1.82) is 0 Å². The van der Waals surface area contributed by atoms with Crippen LogP contribution in [0.4, 0.5) is 0 Å². The van der Waals surface area contributed by atoms with E-state index in [1.165, 1.54) is 0 Å². The molecule has 0 amide bonds. The molecule has 0 bridgehead atoms. The molecule has 10 heteroatoms. The second-order valence-electron chi connectivity index (χ2n) is 11.6. The van der Waals surface area contributed by atoms with E-state index in [1.807, 2.05) is 0 Å². The molecule has 1 rings (SSSR count). The first-order chi connectivity index (χ1) is 12.3. The van der Waals surface area contributed by atoms with Gasteiger partial charge in [-0.1, -0.05) is 0 Å². The van der Waals surface area contributed by atoms with Crippen molar-refractivity contribution in [2.75, 3.05) is 6.61 Å². The van der Waals surface area contributed by atoms with Gasteiger partial charge in [0.2, 0.25) is 0 Å². The molecular weight excluding hydrogens is 425 g/mol. The van der Waals surface area contributed by atoms with Gasteiger partial charge in [0.1, 0.15) is 18.3 Å². The number of hydrogen-bond donors (Lipinski definition) is 1. The Balaban J connectivity index is 3.18. The van der Waals surface area contributed by atoms with E-state index in [0.29, 0.717) is 6.61 Å². The molecule has 0 aromatic heterocycles. The molecule has 0 spiro atoms. The summed E-state index contributed by atoms with van der Waals surface area (Å²) < 4.78 is 31.5. The van der Waals surface area contributed by atoms with Crippen molar-refractivity contribution < 1.29 is 27.5 Å². The van der Waals surface area contributed by atoms with Gasteiger partial charge in [-0.3, -0.25) is 0 Å². The Morgan fingerprint density at radius 2 is 1.18 bits per heavy atom. The third kappa shape index (κ3) is 10.1. The second-order valence-corrected chi connectivity index (χ2v) is 29.5. The van der Waals surface area contributed by atoms with Crippen LogP contribution in [-0.2, 0) is 22.4 Å². The molecule has 6 nitrogen and oxygen atoms in total. The Hall–Kier alpha value is 0.628. The fraction of sp³-hybridized carbons (Fsp3) is 1.00. The summed E-state index contributed by atoms with van der Waals surface area (Å²) in [6.07, 6.45) is -2.57. The first-order valence-electron chi connectivity index (χ1n) is 10.3. The molecule has 0 aromatic carbocycles. The first-order valence-corrected chi connectivity index (χ1v) is 23.9. The van der Waals surface area contributed by atoms with Crippen LogP contribution in [0.1, 0.15) is 0 Å². The SMILES string of the molecule is C[Si](C)(C)OC[C@@H](O[Si](C)(C)C)[C@H]1O[C@H](O)[C@@H](O[Si](C)(C)C)[C@H]1O[Si](C)(C)C. The predicted molar refractivity (Wildman–Crippen MR) is 125 cm³/mol. The topological polar surface area (TPSA) is 66.4 Å². The molecule has 1 N–H and O–H groups in total. The molecule has 28 heavy (non-hydrogen) atoms. The van der Waals surface area contributed by atoms with E-state index >= 15 is 0 Å². The molecule has 0 aromatic rings. The van der Waals surface area contributed by atoms with Gasteiger partial charge in [0, 0.05) is 0 Å². The molecule has 0 saturated carbocycles. The van der Waals surface area contributed by atoms with Crippen LogP contribution in [0.25, 0.3) is 0 Å². The maximum Gasteiger partial charge on any atom is 0.184 e. The third-order valence-electron chi connectivity index (χ3n) is 3.76. The number of rotatable bonds is 10. The van der Waals surface area contributed by atoms with Crippen LogP contribution in [0.3, 0.4) is 0 Å². The van der Waals surface area contributed by atoms with Crippen molar-refractivity contribution in [2.45, 2.75) is 109 Å². The molecule has 1 fully saturated rings. The van der Waals surface area contributed by atoms with Crippen LogP contribution in [-0.4, -0.2) is 75.7 Å². The average molecular weight is 469 g/mol. The summed E-state index contributed by atoms with van der Waals surface area (Å²) in [4.78, 5) is 0. The lowest BCUT2D eigenvalue weighted by Gasteiger charge is -2.37. The minimum atomic E-state index is -1.91. The van der Waals surface area contributed by atoms with E-state index < -0.39 is 51.8 Å². The standard InChI is InChI=1S/C18H44O6Si4/c1-25(2,3)20-13-14(22-26(4,5)6)15-16(23-27(7,8)9)17(18(19)21-15)24-28(10,11)12/h14-19H,13H2,1-12H3/t14-,15-,16+,17+,18+/m1/s1. The quantitative estimate of drug-likeness (QED) is 0.484. The zero-order valence-electron chi connectivity index (χ0n) is 20.1. The summed E-state index contributed by atoms with van der Waals surface area (Å²) in [5, 5.41) is 10.7.